The average molecular weight is 460 g/mol. The number of ether oxygens (including phenoxy) is 3. The summed E-state index contributed by atoms with van der Waals surface area (Å²) in [6.07, 6.45) is 6.64. The number of methoxy groups -OCH3 is 3. The predicted molar refractivity (Wildman–Crippen MR) is 123 cm³/mol. The molecule has 1 saturated carbocycles. The van der Waals surface area contributed by atoms with E-state index in [1.54, 1.807) is 19.3 Å². The van der Waals surface area contributed by atoms with Crippen molar-refractivity contribution in [1.82, 2.24) is 14.9 Å². The maximum atomic E-state index is 15.2. The van der Waals surface area contributed by atoms with Crippen molar-refractivity contribution in [3.8, 4) is 11.5 Å². The molecule has 2 aromatic rings. The topological polar surface area (TPSA) is 103 Å². The lowest BCUT2D eigenvalue weighted by Gasteiger charge is -2.41. The van der Waals surface area contributed by atoms with E-state index >= 15 is 4.39 Å². The number of hydrogen-bond acceptors (Lipinski definition) is 8. The number of fused-ring (bicyclic) bond motifs is 1. The summed E-state index contributed by atoms with van der Waals surface area (Å²) < 4.78 is 30.9. The Morgan fingerprint density at radius 1 is 1.24 bits per heavy atom. The van der Waals surface area contributed by atoms with Gasteiger partial charge in [0.1, 0.15) is 11.3 Å². The van der Waals surface area contributed by atoms with Crippen LogP contribution in [0.5, 0.6) is 11.5 Å². The molecule has 2 heterocycles. The van der Waals surface area contributed by atoms with Crippen LogP contribution in [0.4, 0.5) is 16.2 Å². The molecule has 0 bridgehead atoms. The van der Waals surface area contributed by atoms with Gasteiger partial charge in [0.15, 0.2) is 17.3 Å². The highest BCUT2D eigenvalue weighted by molar-refractivity contribution is 5.92. The number of hydrogen-bond donors (Lipinski definition) is 1. The van der Waals surface area contributed by atoms with Crippen molar-refractivity contribution < 1.29 is 23.4 Å². The molecule has 1 aromatic heterocycles. The second-order valence-corrected chi connectivity index (χ2v) is 8.34. The quantitative estimate of drug-likeness (QED) is 0.601. The predicted octanol–water partition coefficient (Wildman–Crippen LogP) is 2.39. The molecule has 1 unspecified atom stereocenters. The maximum Gasteiger partial charge on any atom is 0.246 e. The molecule has 1 aliphatic heterocycles. The Kier molecular flexibility index (Phi) is 6.83. The first-order valence-electron chi connectivity index (χ1n) is 11.1. The normalized spacial score (nSPS) is 18.8. The van der Waals surface area contributed by atoms with Crippen molar-refractivity contribution in [3.05, 3.63) is 24.0 Å². The molecular formula is C23H30FN5O4. The number of carbonyl (C=O) groups is 1. The molecule has 1 aliphatic carbocycles. The number of carbonyl (C=O) groups excluding carboxylic acids is 1. The summed E-state index contributed by atoms with van der Waals surface area (Å²) in [7, 11) is 4.43. The van der Waals surface area contributed by atoms with E-state index in [4.69, 9.17) is 19.9 Å². The number of halogens is 1. The lowest BCUT2D eigenvalue weighted by atomic mass is 10.1. The Balaban J connectivity index is 1.64. The molecule has 1 aromatic carbocycles. The van der Waals surface area contributed by atoms with Crippen LogP contribution in [0.25, 0.3) is 10.9 Å². The fraction of sp³-hybridized carbons (Fsp3) is 0.522. The first kappa shape index (κ1) is 23.0. The molecular weight excluding hydrogens is 429 g/mol. The molecule has 2 fully saturated rings. The van der Waals surface area contributed by atoms with Crippen molar-refractivity contribution in [1.29, 1.82) is 0 Å². The molecule has 4 rings (SSSR count). The first-order valence-corrected chi connectivity index (χ1v) is 11.1. The largest absolute Gasteiger partial charge is 0.493 e. The van der Waals surface area contributed by atoms with Gasteiger partial charge in [-0.3, -0.25) is 4.79 Å². The second-order valence-electron chi connectivity index (χ2n) is 8.34. The molecule has 0 radical (unpaired) electrons. The zero-order valence-corrected chi connectivity index (χ0v) is 19.2. The standard InChI is InChI=1S/C23H30FN5O4/c1-31-11-8-15-13-28(18(30)7-6-14-4-5-14)9-10-29(15)23-26-20-16(22(25)27-23)12-17(32-2)21(33-3)19(20)24/h6-7,12,14-15H,4-5,8-11,13H2,1-3H3,(H2,25,26,27)/b7-6+. The Morgan fingerprint density at radius 3 is 2.70 bits per heavy atom. The summed E-state index contributed by atoms with van der Waals surface area (Å²) in [5.41, 5.74) is 6.26. The van der Waals surface area contributed by atoms with Crippen LogP contribution in [-0.2, 0) is 9.53 Å². The molecule has 2 aliphatic rings. The molecule has 10 heteroatoms. The minimum Gasteiger partial charge on any atom is -0.493 e. The van der Waals surface area contributed by atoms with Crippen LogP contribution in [0.1, 0.15) is 19.3 Å². The molecule has 1 amide bonds. The number of anilines is 2. The third kappa shape index (κ3) is 4.80. The van der Waals surface area contributed by atoms with Crippen LogP contribution in [0, 0.1) is 11.7 Å². The zero-order valence-electron chi connectivity index (χ0n) is 19.2. The number of nitrogen functional groups attached to an aromatic ring is 1. The van der Waals surface area contributed by atoms with E-state index in [1.165, 1.54) is 14.2 Å². The molecule has 1 atom stereocenters. The number of aromatic nitrogens is 2. The molecule has 178 valence electrons. The zero-order chi connectivity index (χ0) is 23.5. The van der Waals surface area contributed by atoms with Crippen molar-refractivity contribution in [2.75, 3.05) is 58.2 Å². The van der Waals surface area contributed by atoms with Gasteiger partial charge in [-0.1, -0.05) is 6.08 Å². The SMILES string of the molecule is COCCC1CN(C(=O)/C=C/C2CC2)CCN1c1nc(N)c2cc(OC)c(OC)c(F)c2n1. The van der Waals surface area contributed by atoms with E-state index < -0.39 is 5.82 Å². The highest BCUT2D eigenvalue weighted by atomic mass is 19.1. The first-order chi connectivity index (χ1) is 16.0. The van der Waals surface area contributed by atoms with Gasteiger partial charge >= 0.3 is 0 Å². The van der Waals surface area contributed by atoms with Gasteiger partial charge in [-0.25, -0.2) is 9.37 Å². The van der Waals surface area contributed by atoms with Crippen molar-refractivity contribution in [3.63, 3.8) is 0 Å². The fourth-order valence-electron chi connectivity index (χ4n) is 4.10. The Hall–Kier alpha value is -3.14. The van der Waals surface area contributed by atoms with Crippen LogP contribution in [0.3, 0.4) is 0 Å². The molecule has 9 nitrogen and oxygen atoms in total. The number of piperazine rings is 1. The third-order valence-electron chi connectivity index (χ3n) is 6.13. The smallest absolute Gasteiger partial charge is 0.246 e. The van der Waals surface area contributed by atoms with E-state index in [0.717, 1.165) is 12.8 Å². The van der Waals surface area contributed by atoms with Crippen LogP contribution in [0.15, 0.2) is 18.2 Å². The monoisotopic (exact) mass is 459 g/mol. The summed E-state index contributed by atoms with van der Waals surface area (Å²) in [5.74, 6) is 0.524. The summed E-state index contributed by atoms with van der Waals surface area (Å²) in [6, 6.07) is 1.47. The Morgan fingerprint density at radius 2 is 2.03 bits per heavy atom. The van der Waals surface area contributed by atoms with E-state index in [-0.39, 0.29) is 34.8 Å². The number of rotatable bonds is 8. The number of allylic oxidation sites excluding steroid dienone is 1. The fourth-order valence-corrected chi connectivity index (χ4v) is 4.10. The summed E-state index contributed by atoms with van der Waals surface area (Å²) >= 11 is 0. The van der Waals surface area contributed by atoms with E-state index in [0.29, 0.717) is 49.9 Å². The lowest BCUT2D eigenvalue weighted by molar-refractivity contribution is -0.126. The van der Waals surface area contributed by atoms with Gasteiger partial charge in [0.05, 0.1) is 20.3 Å². The lowest BCUT2D eigenvalue weighted by Crippen LogP contribution is -2.55. The van der Waals surface area contributed by atoms with Crippen molar-refractivity contribution >= 4 is 28.6 Å². The molecule has 0 spiro atoms. The van der Waals surface area contributed by atoms with Gasteiger partial charge in [0, 0.05) is 38.7 Å². The van der Waals surface area contributed by atoms with E-state index in [9.17, 15) is 4.79 Å². The van der Waals surface area contributed by atoms with Crippen LogP contribution >= 0.6 is 0 Å². The van der Waals surface area contributed by atoms with E-state index in [2.05, 4.69) is 9.97 Å². The van der Waals surface area contributed by atoms with Crippen molar-refractivity contribution in [2.45, 2.75) is 25.3 Å². The van der Waals surface area contributed by atoms with Gasteiger partial charge in [-0.2, -0.15) is 4.98 Å². The number of nitrogens with two attached hydrogens (primary N) is 1. The average Bonchev–Trinajstić information content (AvgIpc) is 3.65. The number of amides is 1. The van der Waals surface area contributed by atoms with Crippen LogP contribution < -0.4 is 20.1 Å². The maximum absolute atomic E-state index is 15.2. The Bertz CT molecular complexity index is 1060. The summed E-state index contributed by atoms with van der Waals surface area (Å²) in [4.78, 5) is 25.4. The van der Waals surface area contributed by atoms with Gasteiger partial charge in [-0.05, 0) is 37.3 Å². The van der Waals surface area contributed by atoms with E-state index in [1.807, 2.05) is 15.9 Å². The van der Waals surface area contributed by atoms with Gasteiger partial charge in [-0.15, -0.1) is 0 Å². The molecule has 2 N–H and O–H groups in total. The molecule has 33 heavy (non-hydrogen) atoms. The molecule has 1 saturated heterocycles. The second kappa shape index (κ2) is 9.78. The van der Waals surface area contributed by atoms with Gasteiger partial charge in [0.2, 0.25) is 11.9 Å². The summed E-state index contributed by atoms with van der Waals surface area (Å²) in [5, 5.41) is 0.348. The highest BCUT2D eigenvalue weighted by Gasteiger charge is 2.32. The Labute approximate surface area is 192 Å². The number of benzene rings is 1. The third-order valence-corrected chi connectivity index (χ3v) is 6.13. The minimum atomic E-state index is -0.658. The number of nitrogens with zero attached hydrogens (tertiary/aromatic N) is 4. The minimum absolute atomic E-state index is 0.00536. The van der Waals surface area contributed by atoms with Gasteiger partial charge in [0.25, 0.3) is 0 Å². The van der Waals surface area contributed by atoms with Crippen LogP contribution in [-0.4, -0.2) is 74.4 Å². The highest BCUT2D eigenvalue weighted by Crippen LogP contribution is 2.38. The van der Waals surface area contributed by atoms with Crippen molar-refractivity contribution in [2.24, 2.45) is 5.92 Å². The summed E-state index contributed by atoms with van der Waals surface area (Å²) in [6.45, 7) is 2.00. The van der Waals surface area contributed by atoms with Gasteiger partial charge < -0.3 is 29.7 Å². The van der Waals surface area contributed by atoms with Crippen LogP contribution in [0.2, 0.25) is 0 Å².